The van der Waals surface area contributed by atoms with Gasteiger partial charge in [-0.25, -0.2) is 4.79 Å². The van der Waals surface area contributed by atoms with Crippen LogP contribution in [0.2, 0.25) is 0 Å². The van der Waals surface area contributed by atoms with Crippen LogP contribution in [-0.2, 0) is 17.9 Å². The Bertz CT molecular complexity index is 1230. The van der Waals surface area contributed by atoms with Crippen LogP contribution in [0.1, 0.15) is 28.4 Å². The second-order valence-corrected chi connectivity index (χ2v) is 9.14. The fraction of sp³-hybridized carbons (Fsp3) is 0.333. The summed E-state index contributed by atoms with van der Waals surface area (Å²) >= 11 is 0. The highest BCUT2D eigenvalue weighted by Crippen LogP contribution is 2.25. The summed E-state index contributed by atoms with van der Waals surface area (Å²) in [7, 11) is 3.29. The van der Waals surface area contributed by atoms with E-state index >= 15 is 0 Å². The SMILES string of the molecule is COc1cccc([C@H](CN2CCN(C(=O)NCc3ccccc3OC)CC2)OCc2ccc(C#N)cc2)c1. The van der Waals surface area contributed by atoms with Crippen molar-refractivity contribution in [3.05, 3.63) is 95.1 Å². The van der Waals surface area contributed by atoms with Gasteiger partial charge in [0.1, 0.15) is 11.5 Å². The molecule has 8 heteroatoms. The largest absolute Gasteiger partial charge is 0.497 e. The van der Waals surface area contributed by atoms with Gasteiger partial charge < -0.3 is 24.4 Å². The summed E-state index contributed by atoms with van der Waals surface area (Å²) in [5, 5.41) is 12.1. The van der Waals surface area contributed by atoms with E-state index < -0.39 is 0 Å². The molecule has 198 valence electrons. The smallest absolute Gasteiger partial charge is 0.317 e. The van der Waals surface area contributed by atoms with E-state index in [1.807, 2.05) is 65.6 Å². The molecule has 8 nitrogen and oxygen atoms in total. The van der Waals surface area contributed by atoms with Gasteiger partial charge in [-0.2, -0.15) is 5.26 Å². The molecule has 1 saturated heterocycles. The molecule has 0 saturated carbocycles. The van der Waals surface area contributed by atoms with E-state index in [0.717, 1.165) is 41.3 Å². The molecule has 1 fully saturated rings. The van der Waals surface area contributed by atoms with Crippen LogP contribution >= 0.6 is 0 Å². The van der Waals surface area contributed by atoms with Gasteiger partial charge in [-0.3, -0.25) is 4.90 Å². The molecule has 1 N–H and O–H groups in total. The molecule has 0 aromatic heterocycles. The third-order valence-corrected chi connectivity index (χ3v) is 6.71. The molecule has 0 aliphatic carbocycles. The first-order chi connectivity index (χ1) is 18.6. The number of nitriles is 1. The minimum Gasteiger partial charge on any atom is -0.497 e. The first kappa shape index (κ1) is 27.0. The first-order valence-corrected chi connectivity index (χ1v) is 12.7. The predicted molar refractivity (Wildman–Crippen MR) is 145 cm³/mol. The lowest BCUT2D eigenvalue weighted by Crippen LogP contribution is -2.52. The van der Waals surface area contributed by atoms with Crippen LogP contribution in [0.25, 0.3) is 0 Å². The molecule has 3 aromatic rings. The molecule has 1 aliphatic rings. The lowest BCUT2D eigenvalue weighted by atomic mass is 10.1. The molecule has 4 rings (SSSR count). The second kappa shape index (κ2) is 13.5. The van der Waals surface area contributed by atoms with Crippen molar-refractivity contribution in [3.63, 3.8) is 0 Å². The van der Waals surface area contributed by atoms with Crippen molar-refractivity contribution in [3.8, 4) is 17.6 Å². The number of benzene rings is 3. The van der Waals surface area contributed by atoms with Crippen LogP contribution in [0.3, 0.4) is 0 Å². The van der Waals surface area contributed by atoms with Gasteiger partial charge in [0, 0.05) is 44.8 Å². The monoisotopic (exact) mass is 514 g/mol. The number of hydrogen-bond acceptors (Lipinski definition) is 6. The maximum Gasteiger partial charge on any atom is 0.317 e. The number of carbonyl (C=O) groups excluding carboxylic acids is 1. The number of ether oxygens (including phenoxy) is 3. The van der Waals surface area contributed by atoms with E-state index in [0.29, 0.717) is 38.3 Å². The zero-order chi connectivity index (χ0) is 26.7. The maximum atomic E-state index is 12.8. The number of urea groups is 1. The van der Waals surface area contributed by atoms with E-state index in [4.69, 9.17) is 19.5 Å². The normalized spacial score (nSPS) is 14.4. The van der Waals surface area contributed by atoms with Crippen LogP contribution < -0.4 is 14.8 Å². The van der Waals surface area contributed by atoms with Gasteiger partial charge in [-0.15, -0.1) is 0 Å². The quantitative estimate of drug-likeness (QED) is 0.433. The maximum absolute atomic E-state index is 12.8. The molecule has 0 radical (unpaired) electrons. The number of nitrogens with one attached hydrogen (secondary N) is 1. The standard InChI is InChI=1S/C30H34N4O4/c1-36-27-8-5-7-25(18-27)29(38-22-24-12-10-23(19-31)11-13-24)21-33-14-16-34(17-15-33)30(35)32-20-26-6-3-4-9-28(26)37-2/h3-13,18,29H,14-17,20-22H2,1-2H3,(H,32,35)/t29-/m0/s1. The van der Waals surface area contributed by atoms with Gasteiger partial charge in [-0.05, 0) is 41.5 Å². The fourth-order valence-corrected chi connectivity index (χ4v) is 4.47. The summed E-state index contributed by atoms with van der Waals surface area (Å²) in [6, 6.07) is 25.2. The number of carbonyl (C=O) groups is 1. The Morgan fingerprint density at radius 3 is 2.45 bits per heavy atom. The minimum absolute atomic E-state index is 0.0723. The third-order valence-electron chi connectivity index (χ3n) is 6.71. The fourth-order valence-electron chi connectivity index (χ4n) is 4.47. The van der Waals surface area contributed by atoms with Gasteiger partial charge in [0.15, 0.2) is 0 Å². The molecule has 0 spiro atoms. The highest BCUT2D eigenvalue weighted by Gasteiger charge is 2.24. The Labute approximate surface area is 224 Å². The number of nitrogens with zero attached hydrogens (tertiary/aromatic N) is 3. The Morgan fingerprint density at radius 1 is 0.974 bits per heavy atom. The number of hydrogen-bond donors (Lipinski definition) is 1. The number of para-hydroxylation sites is 1. The highest BCUT2D eigenvalue weighted by molar-refractivity contribution is 5.74. The summed E-state index contributed by atoms with van der Waals surface area (Å²) in [6.07, 6.45) is -0.174. The van der Waals surface area contributed by atoms with Crippen molar-refractivity contribution < 1.29 is 19.0 Å². The third kappa shape index (κ3) is 7.25. The molecule has 2 amide bonds. The van der Waals surface area contributed by atoms with Crippen molar-refractivity contribution in [2.24, 2.45) is 0 Å². The minimum atomic E-state index is -0.174. The van der Waals surface area contributed by atoms with Crippen molar-refractivity contribution >= 4 is 6.03 Å². The van der Waals surface area contributed by atoms with Gasteiger partial charge in [0.25, 0.3) is 0 Å². The van der Waals surface area contributed by atoms with Crippen LogP contribution in [-0.4, -0.2) is 62.8 Å². The summed E-state index contributed by atoms with van der Waals surface area (Å²) in [5.41, 5.74) is 3.62. The van der Waals surface area contributed by atoms with E-state index in [2.05, 4.69) is 16.3 Å². The van der Waals surface area contributed by atoms with Crippen LogP contribution in [0.5, 0.6) is 11.5 Å². The lowest BCUT2D eigenvalue weighted by Gasteiger charge is -2.36. The molecule has 1 heterocycles. The molecule has 3 aromatic carbocycles. The Morgan fingerprint density at radius 2 is 1.74 bits per heavy atom. The molecule has 1 atom stereocenters. The van der Waals surface area contributed by atoms with E-state index in [1.54, 1.807) is 26.4 Å². The molecule has 1 aliphatic heterocycles. The van der Waals surface area contributed by atoms with Gasteiger partial charge in [0.2, 0.25) is 0 Å². The van der Waals surface area contributed by atoms with Crippen molar-refractivity contribution in [2.75, 3.05) is 46.9 Å². The zero-order valence-electron chi connectivity index (χ0n) is 21.9. The highest BCUT2D eigenvalue weighted by atomic mass is 16.5. The molecule has 0 bridgehead atoms. The molecule has 0 unspecified atom stereocenters. The lowest BCUT2D eigenvalue weighted by molar-refractivity contribution is 0.00546. The molecular formula is C30H34N4O4. The number of piperazine rings is 1. The van der Waals surface area contributed by atoms with E-state index in [1.165, 1.54) is 0 Å². The van der Waals surface area contributed by atoms with Crippen molar-refractivity contribution in [1.29, 1.82) is 5.26 Å². The van der Waals surface area contributed by atoms with E-state index in [-0.39, 0.29) is 12.1 Å². The summed E-state index contributed by atoms with van der Waals surface area (Å²) in [5.74, 6) is 1.55. The Hall–Kier alpha value is -4.06. The second-order valence-electron chi connectivity index (χ2n) is 9.14. The molecule has 38 heavy (non-hydrogen) atoms. The number of methoxy groups -OCH3 is 2. The van der Waals surface area contributed by atoms with Crippen LogP contribution in [0.15, 0.2) is 72.8 Å². The Balaban J connectivity index is 1.34. The summed E-state index contributed by atoms with van der Waals surface area (Å²) in [6.45, 7) is 4.32. The van der Waals surface area contributed by atoms with Crippen molar-refractivity contribution in [1.82, 2.24) is 15.1 Å². The average molecular weight is 515 g/mol. The first-order valence-electron chi connectivity index (χ1n) is 12.7. The van der Waals surface area contributed by atoms with Crippen LogP contribution in [0.4, 0.5) is 4.79 Å². The van der Waals surface area contributed by atoms with Gasteiger partial charge >= 0.3 is 6.03 Å². The summed E-state index contributed by atoms with van der Waals surface area (Å²) in [4.78, 5) is 17.0. The average Bonchev–Trinajstić information content (AvgIpc) is 2.98. The Kier molecular flexibility index (Phi) is 9.57. The zero-order valence-corrected chi connectivity index (χ0v) is 21.9. The van der Waals surface area contributed by atoms with Gasteiger partial charge in [-0.1, -0.05) is 42.5 Å². The number of amides is 2. The molecular weight excluding hydrogens is 480 g/mol. The topological polar surface area (TPSA) is 87.1 Å². The van der Waals surface area contributed by atoms with Crippen molar-refractivity contribution in [2.45, 2.75) is 19.3 Å². The number of rotatable bonds is 10. The predicted octanol–water partition coefficient (Wildman–Crippen LogP) is 4.36. The summed E-state index contributed by atoms with van der Waals surface area (Å²) < 4.78 is 17.2. The van der Waals surface area contributed by atoms with Gasteiger partial charge in [0.05, 0.1) is 38.6 Å². The van der Waals surface area contributed by atoms with Crippen LogP contribution in [0, 0.1) is 11.3 Å². The van der Waals surface area contributed by atoms with E-state index in [9.17, 15) is 4.79 Å².